The van der Waals surface area contributed by atoms with Gasteiger partial charge in [-0.15, -0.1) is 0 Å². The molecule has 4 rings (SSSR count). The Morgan fingerprint density at radius 2 is 1.94 bits per heavy atom. The Morgan fingerprint density at radius 3 is 2.53 bits per heavy atom. The van der Waals surface area contributed by atoms with Gasteiger partial charge in [-0.1, -0.05) is 25.1 Å². The molecule has 1 aliphatic rings. The van der Waals surface area contributed by atoms with Crippen LogP contribution < -0.4 is 0 Å². The van der Waals surface area contributed by atoms with Gasteiger partial charge < -0.3 is 0 Å². The predicted octanol–water partition coefficient (Wildman–Crippen LogP) is 4.89. The summed E-state index contributed by atoms with van der Waals surface area (Å²) in [6.07, 6.45) is 1.69. The van der Waals surface area contributed by atoms with Crippen molar-refractivity contribution >= 4 is 26.7 Å². The van der Waals surface area contributed by atoms with Gasteiger partial charge in [-0.2, -0.15) is 5.10 Å². The number of nitrogens with zero attached hydrogens (tertiary/aromatic N) is 3. The molecule has 1 aliphatic heterocycles. The third-order valence-electron chi connectivity index (χ3n) is 5.90. The number of alkyl halides is 1. The molecule has 0 N–H and O–H groups in total. The minimum Gasteiger partial charge on any atom is -0.294 e. The van der Waals surface area contributed by atoms with Gasteiger partial charge in [0.2, 0.25) is 0 Å². The van der Waals surface area contributed by atoms with Crippen molar-refractivity contribution in [1.82, 2.24) is 14.8 Å². The van der Waals surface area contributed by atoms with E-state index in [1.807, 2.05) is 31.5 Å². The van der Waals surface area contributed by atoms with E-state index in [1.165, 1.54) is 20.0 Å². The number of aromatic nitrogens is 3. The third-order valence-corrected chi connectivity index (χ3v) is 8.18. The van der Waals surface area contributed by atoms with E-state index < -0.39 is 20.9 Å². The molecule has 0 atom stereocenters. The summed E-state index contributed by atoms with van der Waals surface area (Å²) in [6.45, 7) is 8.84. The monoisotopic (exact) mass is 457 g/mol. The van der Waals surface area contributed by atoms with E-state index >= 15 is 0 Å². The number of hydrogen-bond donors (Lipinski definition) is 0. The Balaban J connectivity index is 1.75. The van der Waals surface area contributed by atoms with Crippen molar-refractivity contribution in [3.05, 3.63) is 47.7 Å². The highest BCUT2D eigenvalue weighted by molar-refractivity contribution is 7.92. The van der Waals surface area contributed by atoms with Crippen molar-refractivity contribution in [2.45, 2.75) is 52.8 Å². The van der Waals surface area contributed by atoms with Crippen molar-refractivity contribution in [2.75, 3.05) is 11.5 Å². The molecule has 0 radical (unpaired) electrons. The average molecular weight is 458 g/mol. The van der Waals surface area contributed by atoms with Crippen molar-refractivity contribution in [2.24, 2.45) is 5.41 Å². The summed E-state index contributed by atoms with van der Waals surface area (Å²) in [5.41, 5.74) is 1.75. The van der Waals surface area contributed by atoms with E-state index in [4.69, 9.17) is 5.10 Å². The van der Waals surface area contributed by atoms with Gasteiger partial charge in [-0.3, -0.25) is 14.5 Å². The second-order valence-corrected chi connectivity index (χ2v) is 12.0. The minimum atomic E-state index is -3.02. The van der Waals surface area contributed by atoms with Gasteiger partial charge in [0.25, 0.3) is 0 Å². The molecule has 170 valence electrons. The maximum absolute atomic E-state index is 14.5. The zero-order valence-electron chi connectivity index (χ0n) is 19.0. The number of carbonyl (C=O) groups is 1. The van der Waals surface area contributed by atoms with Crippen molar-refractivity contribution in [3.63, 3.8) is 0 Å². The molecule has 8 heteroatoms. The molecule has 1 aromatic carbocycles. The zero-order chi connectivity index (χ0) is 23.5. The maximum Gasteiger partial charge on any atom is 0.165 e. The Hall–Kier alpha value is -2.61. The lowest BCUT2D eigenvalue weighted by molar-refractivity contribution is 0.0936. The number of ketones is 1. The van der Waals surface area contributed by atoms with Crippen LogP contribution in [0.5, 0.6) is 0 Å². The topological polar surface area (TPSA) is 81.9 Å². The largest absolute Gasteiger partial charge is 0.294 e. The molecule has 0 aliphatic carbocycles. The smallest absolute Gasteiger partial charge is 0.165 e. The van der Waals surface area contributed by atoms with E-state index in [1.54, 1.807) is 24.3 Å². The van der Waals surface area contributed by atoms with Crippen LogP contribution in [0, 0.1) is 5.41 Å². The number of rotatable bonds is 6. The van der Waals surface area contributed by atoms with E-state index in [2.05, 4.69) is 4.98 Å². The van der Waals surface area contributed by atoms with E-state index in [0.29, 0.717) is 22.3 Å². The molecule has 1 saturated heterocycles. The molecule has 3 aromatic rings. The average Bonchev–Trinajstić information content (AvgIpc) is 3.04. The molecule has 2 aromatic heterocycles. The number of benzene rings is 1. The molecule has 0 unspecified atom stereocenters. The Bertz CT molecular complexity index is 1310. The van der Waals surface area contributed by atoms with Crippen LogP contribution in [0.2, 0.25) is 0 Å². The lowest BCUT2D eigenvalue weighted by atomic mass is 9.86. The maximum atomic E-state index is 14.5. The summed E-state index contributed by atoms with van der Waals surface area (Å²) < 4.78 is 39.5. The number of fused-ring (bicyclic) bond motifs is 1. The normalized spacial score (nSPS) is 17.5. The SMILES string of the molecule is CC(C)n1nc(-c2cccc(C(C)(C)F)c2)c2ncc(C(=O)CC3(C)CS(=O)(=O)C3)cc21. The Kier molecular flexibility index (Phi) is 5.27. The standard InChI is InChI=1S/C24H28FN3O3S/c1-15(2)28-19-10-17(20(29)11-24(5)13-32(30,31)14-24)12-26-22(19)21(27-28)16-7-6-8-18(9-16)23(3,4)25/h6-10,12,15H,11,13-14H2,1-5H3. The van der Waals surface area contributed by atoms with Gasteiger partial charge in [-0.05, 0) is 45.4 Å². The number of Topliss-reactive ketones (excluding diaryl/α,β-unsaturated/α-hetero) is 1. The summed E-state index contributed by atoms with van der Waals surface area (Å²) in [4.78, 5) is 17.5. The summed E-state index contributed by atoms with van der Waals surface area (Å²) in [7, 11) is -3.02. The van der Waals surface area contributed by atoms with Gasteiger partial charge >= 0.3 is 0 Å². The van der Waals surface area contributed by atoms with Crippen LogP contribution >= 0.6 is 0 Å². The van der Waals surface area contributed by atoms with E-state index in [0.717, 1.165) is 11.1 Å². The number of hydrogen-bond acceptors (Lipinski definition) is 5. The molecule has 0 spiro atoms. The van der Waals surface area contributed by atoms with Crippen molar-refractivity contribution in [3.8, 4) is 11.3 Å². The van der Waals surface area contributed by atoms with Gasteiger partial charge in [-0.25, -0.2) is 12.8 Å². The highest BCUT2D eigenvalue weighted by atomic mass is 32.2. The van der Waals surface area contributed by atoms with Crippen LogP contribution in [0.15, 0.2) is 36.5 Å². The second kappa shape index (κ2) is 7.47. The number of pyridine rings is 1. The predicted molar refractivity (Wildman–Crippen MR) is 123 cm³/mol. The second-order valence-electron chi connectivity index (χ2n) is 9.97. The summed E-state index contributed by atoms with van der Waals surface area (Å²) in [6, 6.07) is 9.01. The Morgan fingerprint density at radius 1 is 1.25 bits per heavy atom. The first-order valence-corrected chi connectivity index (χ1v) is 12.5. The number of carbonyl (C=O) groups excluding carboxylic acids is 1. The molecule has 1 fully saturated rings. The van der Waals surface area contributed by atoms with Crippen molar-refractivity contribution < 1.29 is 17.6 Å². The summed E-state index contributed by atoms with van der Waals surface area (Å²) in [5, 5.41) is 4.74. The molecular formula is C24H28FN3O3S. The van der Waals surface area contributed by atoms with E-state index in [-0.39, 0.29) is 29.8 Å². The van der Waals surface area contributed by atoms with E-state index in [9.17, 15) is 17.6 Å². The van der Waals surface area contributed by atoms with Gasteiger partial charge in [0, 0.05) is 35.2 Å². The molecular weight excluding hydrogens is 429 g/mol. The molecule has 6 nitrogen and oxygen atoms in total. The number of halogens is 1. The van der Waals surface area contributed by atoms with Crippen LogP contribution in [0.1, 0.15) is 63.0 Å². The molecule has 32 heavy (non-hydrogen) atoms. The quantitative estimate of drug-likeness (QED) is 0.492. The van der Waals surface area contributed by atoms with Crippen LogP contribution in [-0.2, 0) is 15.5 Å². The fourth-order valence-electron chi connectivity index (χ4n) is 4.41. The first-order valence-electron chi connectivity index (χ1n) is 10.7. The first-order chi connectivity index (χ1) is 14.8. The summed E-state index contributed by atoms with van der Waals surface area (Å²) in [5.74, 6) is -0.0518. The third kappa shape index (κ3) is 4.20. The lowest BCUT2D eigenvalue weighted by Crippen LogP contribution is -2.47. The highest BCUT2D eigenvalue weighted by Gasteiger charge is 2.45. The fourth-order valence-corrected chi connectivity index (χ4v) is 6.65. The Labute approximate surface area is 187 Å². The van der Waals surface area contributed by atoms with Gasteiger partial charge in [0.1, 0.15) is 16.9 Å². The van der Waals surface area contributed by atoms with Crippen LogP contribution in [-0.4, -0.2) is 40.5 Å². The number of sulfone groups is 1. The van der Waals surface area contributed by atoms with Crippen LogP contribution in [0.4, 0.5) is 4.39 Å². The molecule has 3 heterocycles. The zero-order valence-corrected chi connectivity index (χ0v) is 19.8. The van der Waals surface area contributed by atoms with Gasteiger partial charge in [0.15, 0.2) is 15.6 Å². The summed E-state index contributed by atoms with van der Waals surface area (Å²) >= 11 is 0. The molecule has 0 saturated carbocycles. The van der Waals surface area contributed by atoms with Crippen LogP contribution in [0.3, 0.4) is 0 Å². The molecule has 0 bridgehead atoms. The first kappa shape index (κ1) is 22.6. The fraction of sp³-hybridized carbons (Fsp3) is 0.458. The minimum absolute atomic E-state index is 0.0218. The van der Waals surface area contributed by atoms with Crippen molar-refractivity contribution in [1.29, 1.82) is 0 Å². The highest BCUT2D eigenvalue weighted by Crippen LogP contribution is 2.37. The van der Waals surface area contributed by atoms with Gasteiger partial charge in [0.05, 0.1) is 17.0 Å². The molecule has 0 amide bonds. The van der Waals surface area contributed by atoms with Crippen LogP contribution in [0.25, 0.3) is 22.3 Å². The lowest BCUT2D eigenvalue weighted by Gasteiger charge is -2.37.